The van der Waals surface area contributed by atoms with Gasteiger partial charge in [0.15, 0.2) is 0 Å². The van der Waals surface area contributed by atoms with Gasteiger partial charge in [-0.2, -0.15) is 0 Å². The van der Waals surface area contributed by atoms with Gasteiger partial charge in [0.05, 0.1) is 0 Å². The van der Waals surface area contributed by atoms with Crippen LogP contribution in [-0.2, 0) is 0 Å². The molecule has 114 valence electrons. The van der Waals surface area contributed by atoms with Crippen molar-refractivity contribution in [1.82, 2.24) is 0 Å². The van der Waals surface area contributed by atoms with Crippen molar-refractivity contribution in [3.05, 3.63) is 93.4 Å². The number of hydrogen-bond acceptors (Lipinski definition) is 0. The summed E-state index contributed by atoms with van der Waals surface area (Å²) in [6, 6.07) is 19.7. The molecule has 0 unspecified atom stereocenters. The highest BCUT2D eigenvalue weighted by Gasteiger charge is 1.90. The Hall–Kier alpha value is -2.93. The van der Waals surface area contributed by atoms with Crippen molar-refractivity contribution in [2.75, 3.05) is 0 Å². The van der Waals surface area contributed by atoms with Crippen molar-refractivity contribution in [3.8, 4) is 0 Å². The van der Waals surface area contributed by atoms with Crippen LogP contribution in [0.25, 0.3) is 37.1 Å². The number of hydrogen-bond donors (Lipinski definition) is 0. The predicted molar refractivity (Wildman–Crippen MR) is 99.8 cm³/mol. The van der Waals surface area contributed by atoms with E-state index >= 15 is 0 Å². The van der Waals surface area contributed by atoms with E-state index in [0.29, 0.717) is 5.22 Å². The molecule has 2 aromatic rings. The number of rotatable bonds is 0. The fraction of sp³-hybridized carbons (Fsp3) is 0. The average Bonchev–Trinajstić information content (AvgIpc) is 2.52. The molecule has 0 saturated carbocycles. The minimum absolute atomic E-state index is 0.316. The van der Waals surface area contributed by atoms with Gasteiger partial charge >= 0.3 is 0 Å². The van der Waals surface area contributed by atoms with Crippen molar-refractivity contribution in [1.29, 1.82) is 0 Å². The van der Waals surface area contributed by atoms with Gasteiger partial charge in [0.1, 0.15) is 5.82 Å². The van der Waals surface area contributed by atoms with Crippen LogP contribution < -0.4 is 20.9 Å². The molecule has 2 rings (SSSR count). The summed E-state index contributed by atoms with van der Waals surface area (Å²) in [6.45, 7) is 15.9. The standard InChI is InChI=1S/C22H19F/c1-16-8-5-6-9-17(2)21-15-13-19(4)22(23)11-7-10-18(3)20(21)14-12-16/h5-15H,1-4H2. The van der Waals surface area contributed by atoms with Crippen molar-refractivity contribution >= 4 is 37.1 Å². The van der Waals surface area contributed by atoms with Gasteiger partial charge in [-0.3, -0.25) is 0 Å². The Morgan fingerprint density at radius 2 is 1.09 bits per heavy atom. The minimum atomic E-state index is -0.373. The molecule has 0 aliphatic heterocycles. The first kappa shape index (κ1) is 16.4. The smallest absolute Gasteiger partial charge is 0.129 e. The van der Waals surface area contributed by atoms with Crippen LogP contribution in [-0.4, -0.2) is 0 Å². The first-order valence-electron chi connectivity index (χ1n) is 7.25. The molecule has 0 nitrogen and oxygen atoms in total. The molecule has 0 aliphatic carbocycles. The molecule has 2 aromatic carbocycles. The Labute approximate surface area is 135 Å². The third-order valence-corrected chi connectivity index (χ3v) is 3.46. The summed E-state index contributed by atoms with van der Waals surface area (Å²) in [4.78, 5) is 0. The molecule has 0 bridgehead atoms. The maximum absolute atomic E-state index is 13.8. The SMILES string of the molecule is C=c1ccccc(=C)c2ccc(=C)c(F)cccc(=C)c2cc1. The molecule has 0 spiro atoms. The quantitative estimate of drug-likeness (QED) is 0.702. The van der Waals surface area contributed by atoms with E-state index < -0.39 is 0 Å². The van der Waals surface area contributed by atoms with E-state index in [2.05, 4.69) is 26.3 Å². The molecule has 0 atom stereocenters. The monoisotopic (exact) mass is 302 g/mol. The zero-order valence-electron chi connectivity index (χ0n) is 13.1. The summed E-state index contributed by atoms with van der Waals surface area (Å²) in [5.74, 6) is -0.373. The Balaban J connectivity index is 3.23. The maximum Gasteiger partial charge on any atom is 0.129 e. The van der Waals surface area contributed by atoms with Gasteiger partial charge in [0, 0.05) is 5.22 Å². The highest BCUT2D eigenvalue weighted by Crippen LogP contribution is 1.97. The van der Waals surface area contributed by atoms with E-state index in [4.69, 9.17) is 0 Å². The van der Waals surface area contributed by atoms with E-state index in [1.807, 2.05) is 42.5 Å². The summed E-state index contributed by atoms with van der Waals surface area (Å²) in [5, 5.41) is 4.55. The summed E-state index contributed by atoms with van der Waals surface area (Å²) in [7, 11) is 0. The van der Waals surface area contributed by atoms with Crippen LogP contribution in [0.4, 0.5) is 4.39 Å². The normalized spacial score (nSPS) is 9.78. The van der Waals surface area contributed by atoms with Gasteiger partial charge in [-0.1, -0.05) is 87.0 Å². The molecule has 0 radical (unpaired) electrons. The molecule has 0 saturated heterocycles. The van der Waals surface area contributed by atoms with Gasteiger partial charge in [-0.15, -0.1) is 0 Å². The second-order valence-electron chi connectivity index (χ2n) is 5.24. The second-order valence-corrected chi connectivity index (χ2v) is 5.24. The van der Waals surface area contributed by atoms with Crippen molar-refractivity contribution in [2.45, 2.75) is 0 Å². The van der Waals surface area contributed by atoms with E-state index in [1.54, 1.807) is 18.2 Å². The molecule has 0 heterocycles. The Bertz CT molecular complexity index is 1050. The Morgan fingerprint density at radius 3 is 1.78 bits per heavy atom. The molecule has 1 heteroatoms. The topological polar surface area (TPSA) is 0 Å². The minimum Gasteiger partial charge on any atom is -0.206 e. The van der Waals surface area contributed by atoms with Gasteiger partial charge in [-0.25, -0.2) is 4.39 Å². The molecule has 23 heavy (non-hydrogen) atoms. The third kappa shape index (κ3) is 4.27. The van der Waals surface area contributed by atoms with E-state index in [0.717, 1.165) is 26.4 Å². The largest absolute Gasteiger partial charge is 0.206 e. The van der Waals surface area contributed by atoms with Crippen LogP contribution in [0, 0.1) is 5.82 Å². The molecule has 0 fully saturated rings. The van der Waals surface area contributed by atoms with Crippen LogP contribution in [0.1, 0.15) is 0 Å². The zero-order valence-corrected chi connectivity index (χ0v) is 13.1. The molecule has 0 amide bonds. The fourth-order valence-electron chi connectivity index (χ4n) is 2.14. The van der Waals surface area contributed by atoms with Crippen LogP contribution in [0.2, 0.25) is 0 Å². The molecule has 0 N–H and O–H groups in total. The van der Waals surface area contributed by atoms with E-state index in [9.17, 15) is 4.39 Å². The molecular formula is C22H19F. The lowest BCUT2D eigenvalue weighted by Gasteiger charge is -1.93. The van der Waals surface area contributed by atoms with Crippen LogP contribution in [0.15, 0.2) is 66.7 Å². The first-order chi connectivity index (χ1) is 11.0. The fourth-order valence-corrected chi connectivity index (χ4v) is 2.14. The molecule has 0 aliphatic rings. The summed E-state index contributed by atoms with van der Waals surface area (Å²) >= 11 is 0. The third-order valence-electron chi connectivity index (χ3n) is 3.46. The van der Waals surface area contributed by atoms with Gasteiger partial charge < -0.3 is 0 Å². The Kier molecular flexibility index (Phi) is 5.27. The lowest BCUT2D eigenvalue weighted by molar-refractivity contribution is 0.621. The van der Waals surface area contributed by atoms with E-state index in [-0.39, 0.29) is 5.82 Å². The van der Waals surface area contributed by atoms with Crippen LogP contribution in [0.3, 0.4) is 0 Å². The van der Waals surface area contributed by atoms with Gasteiger partial charge in [0.25, 0.3) is 0 Å². The van der Waals surface area contributed by atoms with Crippen molar-refractivity contribution in [2.24, 2.45) is 0 Å². The summed E-state index contributed by atoms with van der Waals surface area (Å²) in [5.41, 5.74) is 0. The lowest BCUT2D eigenvalue weighted by atomic mass is 10.1. The molecular weight excluding hydrogens is 283 g/mol. The number of fused-ring (bicyclic) bond motifs is 1. The highest BCUT2D eigenvalue weighted by molar-refractivity contribution is 5.81. The maximum atomic E-state index is 13.8. The van der Waals surface area contributed by atoms with Gasteiger partial charge in [0.2, 0.25) is 0 Å². The zero-order chi connectivity index (χ0) is 16.8. The Morgan fingerprint density at radius 1 is 0.522 bits per heavy atom. The average molecular weight is 302 g/mol. The summed E-state index contributed by atoms with van der Waals surface area (Å²) in [6.07, 6.45) is 0. The van der Waals surface area contributed by atoms with Crippen molar-refractivity contribution in [3.63, 3.8) is 0 Å². The predicted octanol–water partition coefficient (Wildman–Crippen LogP) is 2.87. The summed E-state index contributed by atoms with van der Waals surface area (Å²) < 4.78 is 13.8. The van der Waals surface area contributed by atoms with Crippen molar-refractivity contribution < 1.29 is 4.39 Å². The van der Waals surface area contributed by atoms with Crippen LogP contribution >= 0.6 is 0 Å². The number of halogens is 1. The molecule has 0 aromatic heterocycles. The first-order valence-corrected chi connectivity index (χ1v) is 7.25. The second kappa shape index (κ2) is 7.37. The highest BCUT2D eigenvalue weighted by atomic mass is 19.1. The van der Waals surface area contributed by atoms with Crippen LogP contribution in [0.5, 0.6) is 0 Å². The van der Waals surface area contributed by atoms with E-state index in [1.165, 1.54) is 6.07 Å². The lowest BCUT2D eigenvalue weighted by Crippen LogP contribution is -2.05. The van der Waals surface area contributed by atoms with Gasteiger partial charge in [-0.05, 0) is 32.5 Å².